The summed E-state index contributed by atoms with van der Waals surface area (Å²) in [5.74, 6) is 0.119. The molecular formula is C10H15IN2O2S. The van der Waals surface area contributed by atoms with Gasteiger partial charge in [0.05, 0.1) is 5.75 Å². The molecule has 1 unspecified atom stereocenters. The van der Waals surface area contributed by atoms with E-state index in [1.807, 2.05) is 19.1 Å². The number of nitrogens with two attached hydrogens (primary N) is 1. The van der Waals surface area contributed by atoms with Crippen molar-refractivity contribution < 1.29 is 8.42 Å². The van der Waals surface area contributed by atoms with Crippen molar-refractivity contribution in [3.05, 3.63) is 21.8 Å². The molecule has 1 atom stereocenters. The number of nitrogen functional groups attached to an aromatic ring is 1. The maximum absolute atomic E-state index is 11.1. The molecule has 0 amide bonds. The summed E-state index contributed by atoms with van der Waals surface area (Å²) >= 11 is 2.16. The highest BCUT2D eigenvalue weighted by molar-refractivity contribution is 14.1. The van der Waals surface area contributed by atoms with Gasteiger partial charge >= 0.3 is 0 Å². The lowest BCUT2D eigenvalue weighted by Gasteiger charge is -2.15. The molecule has 0 aliphatic carbocycles. The molecule has 0 radical (unpaired) electrons. The van der Waals surface area contributed by atoms with Gasteiger partial charge < -0.3 is 11.1 Å². The van der Waals surface area contributed by atoms with Crippen molar-refractivity contribution in [2.45, 2.75) is 13.0 Å². The van der Waals surface area contributed by atoms with Crippen molar-refractivity contribution in [1.82, 2.24) is 0 Å². The van der Waals surface area contributed by atoms with Gasteiger partial charge in [0.25, 0.3) is 0 Å². The van der Waals surface area contributed by atoms with Gasteiger partial charge in [0.2, 0.25) is 0 Å². The largest absolute Gasteiger partial charge is 0.399 e. The molecule has 16 heavy (non-hydrogen) atoms. The summed E-state index contributed by atoms with van der Waals surface area (Å²) in [4.78, 5) is 0. The van der Waals surface area contributed by atoms with Gasteiger partial charge in [0, 0.05) is 27.2 Å². The van der Waals surface area contributed by atoms with E-state index in [1.165, 1.54) is 6.26 Å². The lowest BCUT2D eigenvalue weighted by molar-refractivity contribution is 0.598. The Bertz CT molecular complexity index is 474. The Morgan fingerprint density at radius 2 is 2.12 bits per heavy atom. The van der Waals surface area contributed by atoms with Crippen LogP contribution in [-0.4, -0.2) is 26.5 Å². The number of hydrogen-bond acceptors (Lipinski definition) is 4. The minimum atomic E-state index is -2.95. The van der Waals surface area contributed by atoms with Crippen molar-refractivity contribution in [2.24, 2.45) is 0 Å². The van der Waals surface area contributed by atoms with Crippen LogP contribution in [0.1, 0.15) is 6.92 Å². The number of halogens is 1. The Morgan fingerprint density at radius 3 is 2.62 bits per heavy atom. The first-order valence-electron chi connectivity index (χ1n) is 4.77. The molecule has 3 N–H and O–H groups in total. The summed E-state index contributed by atoms with van der Waals surface area (Å²) in [5.41, 5.74) is 7.24. The van der Waals surface area contributed by atoms with E-state index >= 15 is 0 Å². The molecule has 4 nitrogen and oxygen atoms in total. The minimum Gasteiger partial charge on any atom is -0.399 e. The van der Waals surface area contributed by atoms with Crippen LogP contribution in [-0.2, 0) is 9.84 Å². The molecule has 1 aromatic carbocycles. The zero-order valence-electron chi connectivity index (χ0n) is 9.20. The van der Waals surface area contributed by atoms with Gasteiger partial charge in [-0.15, -0.1) is 0 Å². The van der Waals surface area contributed by atoms with Crippen LogP contribution >= 0.6 is 22.6 Å². The van der Waals surface area contributed by atoms with Crippen LogP contribution in [0.15, 0.2) is 18.2 Å². The number of benzene rings is 1. The molecule has 0 aliphatic rings. The van der Waals surface area contributed by atoms with E-state index in [9.17, 15) is 8.42 Å². The van der Waals surface area contributed by atoms with Crippen LogP contribution < -0.4 is 11.1 Å². The zero-order chi connectivity index (χ0) is 12.3. The number of anilines is 2. The summed E-state index contributed by atoms with van der Waals surface area (Å²) in [6.07, 6.45) is 1.24. The molecule has 6 heteroatoms. The summed E-state index contributed by atoms with van der Waals surface area (Å²) in [5, 5.41) is 3.15. The van der Waals surface area contributed by atoms with E-state index in [0.717, 1.165) is 9.26 Å². The lowest BCUT2D eigenvalue weighted by Crippen LogP contribution is -2.25. The Balaban J connectivity index is 2.73. The molecule has 90 valence electrons. The molecule has 1 aromatic rings. The third kappa shape index (κ3) is 4.56. The molecular weight excluding hydrogens is 339 g/mol. The van der Waals surface area contributed by atoms with E-state index in [0.29, 0.717) is 5.69 Å². The van der Waals surface area contributed by atoms with Crippen LogP contribution in [0, 0.1) is 3.57 Å². The number of sulfone groups is 1. The van der Waals surface area contributed by atoms with Gasteiger partial charge in [-0.05, 0) is 47.7 Å². The highest BCUT2D eigenvalue weighted by Crippen LogP contribution is 2.21. The summed E-state index contributed by atoms with van der Waals surface area (Å²) in [7, 11) is -2.95. The maximum atomic E-state index is 11.1. The Hall–Kier alpha value is -0.500. The smallest absolute Gasteiger partial charge is 0.149 e. The van der Waals surface area contributed by atoms with E-state index < -0.39 is 9.84 Å². The zero-order valence-corrected chi connectivity index (χ0v) is 12.2. The first kappa shape index (κ1) is 13.6. The first-order valence-corrected chi connectivity index (χ1v) is 7.91. The second kappa shape index (κ2) is 5.22. The Morgan fingerprint density at radius 1 is 1.50 bits per heavy atom. The standard InChI is InChI=1S/C10H15IN2O2S/c1-7(6-16(2,14)15)13-10-4-3-8(12)5-9(10)11/h3-5,7,13H,6,12H2,1-2H3. The van der Waals surface area contributed by atoms with Crippen molar-refractivity contribution in [3.63, 3.8) is 0 Å². The molecule has 0 aliphatic heterocycles. The highest BCUT2D eigenvalue weighted by Gasteiger charge is 2.11. The van der Waals surface area contributed by atoms with Crippen LogP contribution in [0.5, 0.6) is 0 Å². The van der Waals surface area contributed by atoms with Crippen LogP contribution in [0.2, 0.25) is 0 Å². The molecule has 0 spiro atoms. The normalized spacial score (nSPS) is 13.4. The van der Waals surface area contributed by atoms with Crippen LogP contribution in [0.4, 0.5) is 11.4 Å². The number of nitrogens with one attached hydrogen (secondary N) is 1. The van der Waals surface area contributed by atoms with Gasteiger partial charge in [0.1, 0.15) is 9.84 Å². The molecule has 0 bridgehead atoms. The monoisotopic (exact) mass is 354 g/mol. The summed E-state index contributed by atoms with van der Waals surface area (Å²) in [6.45, 7) is 1.84. The molecule has 0 fully saturated rings. The highest BCUT2D eigenvalue weighted by atomic mass is 127. The summed E-state index contributed by atoms with van der Waals surface area (Å²) in [6, 6.07) is 5.37. The predicted molar refractivity (Wildman–Crippen MR) is 76.4 cm³/mol. The van der Waals surface area contributed by atoms with Gasteiger partial charge in [-0.1, -0.05) is 0 Å². The topological polar surface area (TPSA) is 72.2 Å². The Kier molecular flexibility index (Phi) is 4.43. The number of rotatable bonds is 4. The van der Waals surface area contributed by atoms with E-state index in [4.69, 9.17) is 5.73 Å². The fourth-order valence-corrected chi connectivity index (χ4v) is 3.10. The van der Waals surface area contributed by atoms with E-state index in [1.54, 1.807) is 6.07 Å². The fraction of sp³-hybridized carbons (Fsp3) is 0.400. The van der Waals surface area contributed by atoms with E-state index in [-0.39, 0.29) is 11.8 Å². The van der Waals surface area contributed by atoms with Gasteiger partial charge in [-0.25, -0.2) is 8.42 Å². The van der Waals surface area contributed by atoms with E-state index in [2.05, 4.69) is 27.9 Å². The van der Waals surface area contributed by atoms with Crippen molar-refractivity contribution >= 4 is 43.8 Å². The lowest BCUT2D eigenvalue weighted by atomic mass is 10.2. The van der Waals surface area contributed by atoms with Gasteiger partial charge in [-0.3, -0.25) is 0 Å². The average molecular weight is 354 g/mol. The maximum Gasteiger partial charge on any atom is 0.149 e. The van der Waals surface area contributed by atoms with Crippen molar-refractivity contribution in [3.8, 4) is 0 Å². The molecule has 0 saturated heterocycles. The van der Waals surface area contributed by atoms with Gasteiger partial charge in [0.15, 0.2) is 0 Å². The van der Waals surface area contributed by atoms with Crippen LogP contribution in [0.25, 0.3) is 0 Å². The second-order valence-corrected chi connectivity index (χ2v) is 7.22. The van der Waals surface area contributed by atoms with Crippen LogP contribution in [0.3, 0.4) is 0 Å². The third-order valence-corrected chi connectivity index (χ3v) is 3.95. The number of hydrogen-bond donors (Lipinski definition) is 2. The molecule has 1 rings (SSSR count). The van der Waals surface area contributed by atoms with Crippen molar-refractivity contribution in [2.75, 3.05) is 23.1 Å². The molecule has 0 aromatic heterocycles. The SMILES string of the molecule is CC(CS(C)(=O)=O)Nc1ccc(N)cc1I. The van der Waals surface area contributed by atoms with Crippen molar-refractivity contribution in [1.29, 1.82) is 0 Å². The first-order chi connectivity index (χ1) is 7.28. The van der Waals surface area contributed by atoms with Gasteiger partial charge in [-0.2, -0.15) is 0 Å². The second-order valence-electron chi connectivity index (χ2n) is 3.88. The fourth-order valence-electron chi connectivity index (χ4n) is 1.41. The summed E-state index contributed by atoms with van der Waals surface area (Å²) < 4.78 is 23.2. The quantitative estimate of drug-likeness (QED) is 0.638. The molecule has 0 heterocycles. The average Bonchev–Trinajstić information content (AvgIpc) is 2.06. The minimum absolute atomic E-state index is 0.118. The predicted octanol–water partition coefficient (Wildman–Crippen LogP) is 1.72. The molecule has 0 saturated carbocycles. The Labute approximate surface area is 110 Å². The third-order valence-electron chi connectivity index (χ3n) is 1.95.